The van der Waals surface area contributed by atoms with Crippen LogP contribution in [-0.4, -0.2) is 43.0 Å². The molecule has 2 atom stereocenters. The van der Waals surface area contributed by atoms with E-state index in [1.807, 2.05) is 0 Å². The van der Waals surface area contributed by atoms with E-state index in [0.717, 1.165) is 0 Å². The average molecular weight is 353 g/mol. The fraction of sp³-hybridized carbons (Fsp3) is 0.875. The Kier molecular flexibility index (Phi) is 4.65. The van der Waals surface area contributed by atoms with E-state index in [1.54, 1.807) is 0 Å². The lowest BCUT2D eigenvalue weighted by Crippen LogP contribution is -2.54. The van der Waals surface area contributed by atoms with Gasteiger partial charge >= 0.3 is 12.3 Å². The number of carbonyl (C=O) groups excluding carboxylic acids is 1. The Morgan fingerprint density at radius 2 is 2.12 bits per heavy atom. The van der Waals surface area contributed by atoms with Gasteiger partial charge in [-0.3, -0.25) is 4.90 Å². The summed E-state index contributed by atoms with van der Waals surface area (Å²) in [6.07, 6.45) is -5.75. The molecule has 0 aromatic rings. The van der Waals surface area contributed by atoms with Gasteiger partial charge in [-0.1, -0.05) is 0 Å². The van der Waals surface area contributed by atoms with Gasteiger partial charge in [0.05, 0.1) is 6.10 Å². The third-order valence-corrected chi connectivity index (χ3v) is 2.94. The molecule has 1 amide bonds. The highest BCUT2D eigenvalue weighted by Crippen LogP contribution is 2.33. The molecule has 94 valence electrons. The first kappa shape index (κ1) is 13.8. The maximum atomic E-state index is 12.7. The molecule has 16 heavy (non-hydrogen) atoms. The Bertz CT molecular complexity index is 261. The summed E-state index contributed by atoms with van der Waals surface area (Å²) in [5, 5.41) is 0. The summed E-state index contributed by atoms with van der Waals surface area (Å²) < 4.78 is 47.3. The number of amides is 1. The molecule has 4 nitrogen and oxygen atoms in total. The van der Waals surface area contributed by atoms with Crippen LogP contribution in [0.5, 0.6) is 0 Å². The molecule has 1 aliphatic rings. The average Bonchev–Trinajstić information content (AvgIpc) is 2.26. The zero-order valence-electron chi connectivity index (χ0n) is 8.46. The van der Waals surface area contributed by atoms with Crippen LogP contribution in [0, 0.1) is 0 Å². The SMILES string of the molecule is COC1CCN(C(=O)OI)C(C(F)(F)F)C1. The fourth-order valence-electron chi connectivity index (χ4n) is 1.72. The van der Waals surface area contributed by atoms with Gasteiger partial charge < -0.3 is 7.80 Å². The standard InChI is InChI=1S/C8H11F3INO3/c1-15-5-2-3-13(7(14)16-12)6(4-5)8(9,10)11/h5-6H,2-4H2,1H3. The van der Waals surface area contributed by atoms with Gasteiger partial charge in [-0.05, 0) is 6.42 Å². The van der Waals surface area contributed by atoms with E-state index in [4.69, 9.17) is 4.74 Å². The zero-order chi connectivity index (χ0) is 12.3. The predicted octanol–water partition coefficient (Wildman–Crippen LogP) is 2.51. The lowest BCUT2D eigenvalue weighted by molar-refractivity contribution is -0.193. The Morgan fingerprint density at radius 1 is 1.50 bits per heavy atom. The van der Waals surface area contributed by atoms with Crippen molar-refractivity contribution in [1.82, 2.24) is 4.90 Å². The minimum Gasteiger partial charge on any atom is -0.381 e. The third-order valence-electron chi connectivity index (χ3n) is 2.57. The lowest BCUT2D eigenvalue weighted by atomic mass is 9.99. The van der Waals surface area contributed by atoms with Crippen molar-refractivity contribution < 1.29 is 25.8 Å². The summed E-state index contributed by atoms with van der Waals surface area (Å²) in [7, 11) is 1.37. The second-order valence-corrected chi connectivity index (χ2v) is 3.92. The van der Waals surface area contributed by atoms with Crippen LogP contribution in [0.25, 0.3) is 0 Å². The molecule has 1 rings (SSSR count). The molecular weight excluding hydrogens is 342 g/mol. The molecule has 0 aromatic carbocycles. The van der Waals surface area contributed by atoms with E-state index < -0.39 is 24.4 Å². The van der Waals surface area contributed by atoms with E-state index in [2.05, 4.69) is 3.07 Å². The normalized spacial score (nSPS) is 26.7. The molecule has 1 aliphatic heterocycles. The van der Waals surface area contributed by atoms with Gasteiger partial charge in [0.1, 0.15) is 6.04 Å². The lowest BCUT2D eigenvalue weighted by Gasteiger charge is -2.38. The Morgan fingerprint density at radius 3 is 2.56 bits per heavy atom. The van der Waals surface area contributed by atoms with Gasteiger partial charge in [-0.25, -0.2) is 4.79 Å². The Hall–Kier alpha value is -0.250. The van der Waals surface area contributed by atoms with Crippen molar-refractivity contribution in [2.75, 3.05) is 13.7 Å². The van der Waals surface area contributed by atoms with Crippen LogP contribution in [0.1, 0.15) is 12.8 Å². The molecule has 0 N–H and O–H groups in total. The van der Waals surface area contributed by atoms with E-state index in [0.29, 0.717) is 11.3 Å². The molecule has 2 unspecified atom stereocenters. The van der Waals surface area contributed by atoms with Crippen LogP contribution in [0.2, 0.25) is 0 Å². The molecule has 0 aliphatic carbocycles. The molecule has 1 saturated heterocycles. The predicted molar refractivity (Wildman–Crippen MR) is 57.1 cm³/mol. The van der Waals surface area contributed by atoms with Gasteiger partial charge in [0.15, 0.2) is 23.0 Å². The van der Waals surface area contributed by atoms with Crippen LogP contribution in [0.3, 0.4) is 0 Å². The molecular formula is C8H11F3INO3. The van der Waals surface area contributed by atoms with Crippen molar-refractivity contribution in [3.8, 4) is 0 Å². The number of nitrogens with zero attached hydrogens (tertiary/aromatic N) is 1. The summed E-state index contributed by atoms with van der Waals surface area (Å²) >= 11 is 1.28. The zero-order valence-corrected chi connectivity index (χ0v) is 10.6. The smallest absolute Gasteiger partial charge is 0.381 e. The van der Waals surface area contributed by atoms with Gasteiger partial charge in [0.2, 0.25) is 0 Å². The van der Waals surface area contributed by atoms with Crippen LogP contribution >= 0.6 is 23.0 Å². The number of carbonyl (C=O) groups is 1. The summed E-state index contributed by atoms with van der Waals surface area (Å²) in [5.41, 5.74) is 0. The molecule has 0 spiro atoms. The summed E-state index contributed by atoms with van der Waals surface area (Å²) in [4.78, 5) is 11.9. The number of ether oxygens (including phenoxy) is 1. The number of alkyl halides is 3. The van der Waals surface area contributed by atoms with Gasteiger partial charge in [0.25, 0.3) is 0 Å². The molecule has 0 radical (unpaired) electrons. The highest BCUT2D eigenvalue weighted by atomic mass is 127. The first-order valence-electron chi connectivity index (χ1n) is 4.58. The van der Waals surface area contributed by atoms with E-state index in [-0.39, 0.29) is 13.0 Å². The minimum absolute atomic E-state index is 0.00941. The number of likely N-dealkylation sites (tertiary alicyclic amines) is 1. The first-order chi connectivity index (χ1) is 7.40. The summed E-state index contributed by atoms with van der Waals surface area (Å²) in [6, 6.07) is -1.83. The number of hydrogen-bond acceptors (Lipinski definition) is 3. The first-order valence-corrected chi connectivity index (χ1v) is 5.47. The minimum atomic E-state index is -4.46. The van der Waals surface area contributed by atoms with Crippen LogP contribution in [-0.2, 0) is 7.80 Å². The van der Waals surface area contributed by atoms with Crippen molar-refractivity contribution >= 4 is 29.1 Å². The second-order valence-electron chi connectivity index (χ2n) is 3.48. The van der Waals surface area contributed by atoms with Crippen molar-refractivity contribution in [1.29, 1.82) is 0 Å². The van der Waals surface area contributed by atoms with Crippen LogP contribution in [0.4, 0.5) is 18.0 Å². The number of halogens is 4. The quantitative estimate of drug-likeness (QED) is 0.680. The number of rotatable bonds is 1. The summed E-state index contributed by atoms with van der Waals surface area (Å²) in [5.74, 6) is 0. The highest BCUT2D eigenvalue weighted by molar-refractivity contribution is 14.1. The van der Waals surface area contributed by atoms with Crippen molar-refractivity contribution in [2.24, 2.45) is 0 Å². The van der Waals surface area contributed by atoms with Gasteiger partial charge in [-0.15, -0.1) is 0 Å². The van der Waals surface area contributed by atoms with E-state index >= 15 is 0 Å². The highest BCUT2D eigenvalue weighted by Gasteiger charge is 2.49. The molecule has 0 aromatic heterocycles. The summed E-state index contributed by atoms with van der Waals surface area (Å²) in [6.45, 7) is -0.00941. The Balaban J connectivity index is 2.80. The van der Waals surface area contributed by atoms with Crippen molar-refractivity contribution in [3.05, 3.63) is 0 Å². The van der Waals surface area contributed by atoms with Gasteiger partial charge in [-0.2, -0.15) is 13.2 Å². The Labute approximate surface area is 105 Å². The number of methoxy groups -OCH3 is 1. The third kappa shape index (κ3) is 3.12. The molecule has 0 saturated carbocycles. The second kappa shape index (κ2) is 5.39. The van der Waals surface area contributed by atoms with Crippen LogP contribution < -0.4 is 0 Å². The number of hydrogen-bond donors (Lipinski definition) is 0. The van der Waals surface area contributed by atoms with E-state index in [1.165, 1.54) is 30.1 Å². The van der Waals surface area contributed by atoms with Crippen molar-refractivity contribution in [3.63, 3.8) is 0 Å². The largest absolute Gasteiger partial charge is 0.419 e. The van der Waals surface area contributed by atoms with E-state index in [9.17, 15) is 18.0 Å². The van der Waals surface area contributed by atoms with Gasteiger partial charge in [0, 0.05) is 20.1 Å². The number of piperidine rings is 1. The van der Waals surface area contributed by atoms with Crippen molar-refractivity contribution in [2.45, 2.75) is 31.2 Å². The topological polar surface area (TPSA) is 38.8 Å². The fourth-order valence-corrected chi connectivity index (χ4v) is 1.97. The maximum Gasteiger partial charge on any atom is 0.419 e. The molecule has 1 fully saturated rings. The molecule has 0 bridgehead atoms. The molecule has 1 heterocycles. The maximum absolute atomic E-state index is 12.7. The molecule has 8 heteroatoms. The monoisotopic (exact) mass is 353 g/mol. The van der Waals surface area contributed by atoms with Crippen LogP contribution in [0.15, 0.2) is 0 Å².